The Hall–Kier alpha value is -3.01. The van der Waals surface area contributed by atoms with Crippen LogP contribution in [0.4, 0.5) is 4.79 Å². The van der Waals surface area contributed by atoms with E-state index in [0.717, 1.165) is 50.8 Å². The van der Waals surface area contributed by atoms with Crippen molar-refractivity contribution < 1.29 is 24.2 Å². The quantitative estimate of drug-likeness (QED) is 0.234. The summed E-state index contributed by atoms with van der Waals surface area (Å²) in [7, 11) is 0. The molecule has 1 amide bonds. The van der Waals surface area contributed by atoms with Crippen LogP contribution in [-0.2, 0) is 16.0 Å². The number of hydrogen-bond acceptors (Lipinski definition) is 6. The summed E-state index contributed by atoms with van der Waals surface area (Å²) >= 11 is 0. The van der Waals surface area contributed by atoms with Gasteiger partial charge in [0.05, 0.1) is 0 Å². The lowest BCUT2D eigenvalue weighted by molar-refractivity contribution is -0.138. The van der Waals surface area contributed by atoms with Crippen molar-refractivity contribution in [2.45, 2.75) is 63.8 Å². The maximum absolute atomic E-state index is 12.3. The molecule has 3 atom stereocenters. The van der Waals surface area contributed by atoms with Crippen LogP contribution in [0.2, 0.25) is 0 Å². The van der Waals surface area contributed by atoms with Crippen molar-refractivity contribution in [3.05, 3.63) is 29.8 Å². The van der Waals surface area contributed by atoms with Gasteiger partial charge in [-0.3, -0.25) is 15.1 Å². The predicted molar refractivity (Wildman–Crippen MR) is 123 cm³/mol. The van der Waals surface area contributed by atoms with E-state index >= 15 is 0 Å². The molecule has 2 heterocycles. The average molecular weight is 462 g/mol. The third-order valence-electron chi connectivity index (χ3n) is 6.50. The molecule has 0 radical (unpaired) electrons. The van der Waals surface area contributed by atoms with Gasteiger partial charge in [0, 0.05) is 19.6 Å². The van der Waals surface area contributed by atoms with Gasteiger partial charge in [-0.15, -0.1) is 0 Å². The molecule has 6 N–H and O–H groups in total. The Labute approximate surface area is 194 Å². The largest absolute Gasteiger partial charge is 0.480 e. The topological polar surface area (TPSA) is 155 Å². The van der Waals surface area contributed by atoms with Crippen molar-refractivity contribution in [3.8, 4) is 5.75 Å². The highest BCUT2D eigenvalue weighted by Gasteiger charge is 2.40. The van der Waals surface area contributed by atoms with Crippen LogP contribution in [-0.4, -0.2) is 70.9 Å². The molecule has 0 spiro atoms. The molecule has 182 valence electrons. The van der Waals surface area contributed by atoms with Gasteiger partial charge in [0.15, 0.2) is 5.96 Å². The smallest absolute Gasteiger partial charge is 0.413 e. The highest BCUT2D eigenvalue weighted by molar-refractivity contribution is 5.74. The highest BCUT2D eigenvalue weighted by atomic mass is 16.7. The van der Waals surface area contributed by atoms with E-state index in [9.17, 15) is 9.59 Å². The fraction of sp³-hybridized carbons (Fsp3) is 0.609. The molecule has 0 aliphatic carbocycles. The highest BCUT2D eigenvalue weighted by Crippen LogP contribution is 2.26. The summed E-state index contributed by atoms with van der Waals surface area (Å²) in [5, 5.41) is 16.4. The van der Waals surface area contributed by atoms with Crippen molar-refractivity contribution in [2.75, 3.05) is 19.6 Å². The van der Waals surface area contributed by atoms with Gasteiger partial charge in [-0.05, 0) is 56.2 Å². The van der Waals surface area contributed by atoms with Crippen molar-refractivity contribution in [1.29, 1.82) is 5.41 Å². The summed E-state index contributed by atoms with van der Waals surface area (Å²) in [4.78, 5) is 26.9. The molecule has 2 aliphatic heterocycles. The number of piperidine rings is 1. The number of likely N-dealkylation sites (tertiary alicyclic amines) is 1. The molecule has 0 aromatic heterocycles. The van der Waals surface area contributed by atoms with Gasteiger partial charge in [0.1, 0.15) is 17.8 Å². The lowest BCUT2D eigenvalue weighted by atomic mass is 9.91. The fourth-order valence-corrected chi connectivity index (χ4v) is 4.35. The number of carboxylic acids is 1. The van der Waals surface area contributed by atoms with Gasteiger partial charge in [-0.1, -0.05) is 25.0 Å². The molecule has 0 saturated carbocycles. The minimum absolute atomic E-state index is 0.157. The number of carbonyl (C=O) groups is 2. The molecule has 33 heavy (non-hydrogen) atoms. The van der Waals surface area contributed by atoms with Gasteiger partial charge < -0.3 is 30.9 Å². The molecule has 2 saturated heterocycles. The lowest BCUT2D eigenvalue weighted by Crippen LogP contribution is -2.42. The molecule has 0 bridgehead atoms. The van der Waals surface area contributed by atoms with E-state index in [-0.39, 0.29) is 24.5 Å². The van der Waals surface area contributed by atoms with Gasteiger partial charge in [-0.25, -0.2) is 4.79 Å². The first-order valence-electron chi connectivity index (χ1n) is 11.5. The summed E-state index contributed by atoms with van der Waals surface area (Å²) in [6.07, 6.45) is 4.32. The van der Waals surface area contributed by atoms with E-state index < -0.39 is 18.3 Å². The van der Waals surface area contributed by atoms with E-state index in [2.05, 4.69) is 0 Å². The summed E-state index contributed by atoms with van der Waals surface area (Å²) in [6, 6.07) is 5.82. The minimum atomic E-state index is -1.04. The molecule has 2 aliphatic rings. The van der Waals surface area contributed by atoms with E-state index in [4.69, 9.17) is 31.5 Å². The zero-order valence-corrected chi connectivity index (χ0v) is 19.1. The molecule has 3 unspecified atom stereocenters. The van der Waals surface area contributed by atoms with Gasteiger partial charge in [-0.2, -0.15) is 0 Å². The Kier molecular flexibility index (Phi) is 8.37. The maximum Gasteiger partial charge on any atom is 0.413 e. The number of benzene rings is 1. The molecular formula is C23H35N5O5. The SMILES string of the molecule is CC1C(Oc2ccc(CC(N)C(=O)O)cc2)OC(=O)N1CCCCC1CCN(C(=N)N)CC1. The summed E-state index contributed by atoms with van der Waals surface area (Å²) < 4.78 is 11.3. The summed E-state index contributed by atoms with van der Waals surface area (Å²) in [5.74, 6) is 0.310. The first kappa shape index (κ1) is 24.6. The number of nitrogens with two attached hydrogens (primary N) is 2. The van der Waals surface area contributed by atoms with Crippen LogP contribution in [0.25, 0.3) is 0 Å². The normalized spacial score (nSPS) is 22.2. The van der Waals surface area contributed by atoms with Crippen LogP contribution in [0.3, 0.4) is 0 Å². The molecule has 10 nitrogen and oxygen atoms in total. The van der Waals surface area contributed by atoms with Gasteiger partial charge in [0.2, 0.25) is 0 Å². The van der Waals surface area contributed by atoms with Gasteiger partial charge in [0.25, 0.3) is 6.29 Å². The monoisotopic (exact) mass is 461 g/mol. The Bertz CT molecular complexity index is 825. The van der Waals surface area contributed by atoms with E-state index in [1.807, 2.05) is 11.8 Å². The Morgan fingerprint density at radius 2 is 1.94 bits per heavy atom. The number of amides is 1. The van der Waals surface area contributed by atoms with Crippen LogP contribution >= 0.6 is 0 Å². The van der Waals surface area contributed by atoms with Crippen molar-refractivity contribution in [3.63, 3.8) is 0 Å². The van der Waals surface area contributed by atoms with Crippen LogP contribution in [0.1, 0.15) is 44.6 Å². The first-order chi connectivity index (χ1) is 15.7. The number of cyclic esters (lactones) is 1. The molecule has 10 heteroatoms. The summed E-state index contributed by atoms with van der Waals surface area (Å²) in [5.41, 5.74) is 11.9. The minimum Gasteiger partial charge on any atom is -0.480 e. The number of nitrogens with zero attached hydrogens (tertiary/aromatic N) is 2. The fourth-order valence-electron chi connectivity index (χ4n) is 4.35. The third-order valence-corrected chi connectivity index (χ3v) is 6.50. The average Bonchev–Trinajstić information content (AvgIpc) is 3.05. The van der Waals surface area contributed by atoms with Gasteiger partial charge >= 0.3 is 12.1 Å². The molecule has 2 fully saturated rings. The second-order valence-electron chi connectivity index (χ2n) is 8.91. The Balaban J connectivity index is 1.40. The Morgan fingerprint density at radius 1 is 1.27 bits per heavy atom. The van der Waals surface area contributed by atoms with E-state index in [1.165, 1.54) is 0 Å². The molecule has 1 aromatic carbocycles. The molecule has 1 aromatic rings. The van der Waals surface area contributed by atoms with Crippen LogP contribution in [0.15, 0.2) is 24.3 Å². The number of ether oxygens (including phenoxy) is 2. The Morgan fingerprint density at radius 3 is 2.55 bits per heavy atom. The van der Waals surface area contributed by atoms with E-state index in [0.29, 0.717) is 18.2 Å². The number of rotatable bonds is 10. The van der Waals surface area contributed by atoms with Crippen LogP contribution < -0.4 is 16.2 Å². The third kappa shape index (κ3) is 6.74. The zero-order valence-electron chi connectivity index (χ0n) is 19.1. The predicted octanol–water partition coefficient (Wildman–Crippen LogP) is 1.96. The van der Waals surface area contributed by atoms with Crippen LogP contribution in [0, 0.1) is 11.3 Å². The number of aliphatic carboxylic acids is 1. The standard InChI is InChI=1S/C23H35N5O5/c1-15-21(32-18-7-5-17(6-8-18)14-19(24)20(29)30)33-23(31)28(15)11-3-2-4-16-9-12-27(13-10-16)22(25)26/h5-8,15-16,19,21H,2-4,9-14,24H2,1H3,(H3,25,26)(H,29,30). The zero-order chi connectivity index (χ0) is 24.0. The second-order valence-corrected chi connectivity index (χ2v) is 8.91. The number of hydrogen-bond donors (Lipinski definition) is 4. The number of guanidine groups is 1. The van der Waals surface area contributed by atoms with Crippen molar-refractivity contribution in [1.82, 2.24) is 9.80 Å². The number of unbranched alkanes of at least 4 members (excludes halogenated alkanes) is 1. The first-order valence-corrected chi connectivity index (χ1v) is 11.5. The van der Waals surface area contributed by atoms with Crippen LogP contribution in [0.5, 0.6) is 5.75 Å². The number of nitrogens with one attached hydrogen (secondary N) is 1. The lowest BCUT2D eigenvalue weighted by Gasteiger charge is -2.32. The number of carboxylic acid groups (broad SMARTS) is 1. The van der Waals surface area contributed by atoms with Crippen molar-refractivity contribution in [2.24, 2.45) is 17.4 Å². The maximum atomic E-state index is 12.3. The second kappa shape index (κ2) is 11.2. The van der Waals surface area contributed by atoms with E-state index in [1.54, 1.807) is 29.2 Å². The van der Waals surface area contributed by atoms with Crippen molar-refractivity contribution >= 4 is 18.0 Å². The summed E-state index contributed by atoms with van der Waals surface area (Å²) in [6.45, 7) is 4.23. The molecular weight excluding hydrogens is 426 g/mol. The number of carbonyl (C=O) groups excluding carboxylic acids is 1. The molecule has 3 rings (SSSR count).